The Bertz CT molecular complexity index is 575. The predicted octanol–water partition coefficient (Wildman–Crippen LogP) is 0.00780. The topological polar surface area (TPSA) is 130 Å². The van der Waals surface area contributed by atoms with Crippen LogP contribution in [0.4, 0.5) is 5.82 Å². The van der Waals surface area contributed by atoms with Gasteiger partial charge in [-0.15, -0.1) is 0 Å². The Hall–Kier alpha value is -1.52. The Labute approximate surface area is 109 Å². The standard InChI is InChI=1S/C9H14N4O5S/c10-19(16,17)8-6-12(11-9(8)13(14)15)4-3-7-2-1-5-18-7/h6-7H,1-5H2,(H2,10,16,17). The van der Waals surface area contributed by atoms with E-state index in [9.17, 15) is 18.5 Å². The van der Waals surface area contributed by atoms with Gasteiger partial charge in [0, 0.05) is 6.61 Å². The molecule has 106 valence electrons. The van der Waals surface area contributed by atoms with Crippen LogP contribution >= 0.6 is 0 Å². The van der Waals surface area contributed by atoms with E-state index in [2.05, 4.69) is 5.10 Å². The third kappa shape index (κ3) is 3.28. The maximum Gasteiger partial charge on any atom is 0.410 e. The van der Waals surface area contributed by atoms with Gasteiger partial charge in [0.2, 0.25) is 14.9 Å². The molecule has 10 heteroatoms. The lowest BCUT2D eigenvalue weighted by Crippen LogP contribution is -2.13. The second-order valence-electron chi connectivity index (χ2n) is 4.31. The van der Waals surface area contributed by atoms with E-state index in [0.29, 0.717) is 19.6 Å². The van der Waals surface area contributed by atoms with Crippen molar-refractivity contribution in [2.75, 3.05) is 6.61 Å². The predicted molar refractivity (Wildman–Crippen MR) is 63.8 cm³/mol. The Kier molecular flexibility index (Phi) is 3.83. The summed E-state index contributed by atoms with van der Waals surface area (Å²) in [6, 6.07) is 0. The molecule has 0 aromatic carbocycles. The molecular weight excluding hydrogens is 276 g/mol. The summed E-state index contributed by atoms with van der Waals surface area (Å²) < 4.78 is 29.1. The van der Waals surface area contributed by atoms with Crippen molar-refractivity contribution in [3.63, 3.8) is 0 Å². The van der Waals surface area contributed by atoms with Gasteiger partial charge in [-0.1, -0.05) is 0 Å². The zero-order valence-electron chi connectivity index (χ0n) is 10.1. The molecule has 1 saturated heterocycles. The van der Waals surface area contributed by atoms with Crippen LogP contribution in [0.25, 0.3) is 0 Å². The van der Waals surface area contributed by atoms with Crippen molar-refractivity contribution in [3.05, 3.63) is 16.3 Å². The van der Waals surface area contributed by atoms with Crippen LogP contribution < -0.4 is 5.14 Å². The Balaban J connectivity index is 2.15. The number of hydrogen-bond donors (Lipinski definition) is 1. The van der Waals surface area contributed by atoms with E-state index in [1.54, 1.807) is 0 Å². The molecule has 9 nitrogen and oxygen atoms in total. The van der Waals surface area contributed by atoms with Crippen molar-refractivity contribution < 1.29 is 18.1 Å². The maximum atomic E-state index is 11.2. The zero-order chi connectivity index (χ0) is 14.0. The molecule has 0 radical (unpaired) electrons. The first-order chi connectivity index (χ1) is 8.88. The van der Waals surface area contributed by atoms with E-state index in [1.807, 2.05) is 0 Å². The average molecular weight is 290 g/mol. The van der Waals surface area contributed by atoms with E-state index >= 15 is 0 Å². The molecule has 0 aliphatic carbocycles. The molecule has 2 N–H and O–H groups in total. The summed E-state index contributed by atoms with van der Waals surface area (Å²) in [5.74, 6) is -0.741. The molecule has 2 heterocycles. The van der Waals surface area contributed by atoms with Crippen LogP contribution in [0, 0.1) is 10.1 Å². The first kappa shape index (κ1) is 13.9. The first-order valence-electron chi connectivity index (χ1n) is 5.74. The Morgan fingerprint density at radius 3 is 2.84 bits per heavy atom. The first-order valence-corrected chi connectivity index (χ1v) is 7.29. The van der Waals surface area contributed by atoms with Crippen LogP contribution in [0.3, 0.4) is 0 Å². The molecule has 0 amide bonds. The molecule has 0 spiro atoms. The highest BCUT2D eigenvalue weighted by Crippen LogP contribution is 2.21. The highest BCUT2D eigenvalue weighted by molar-refractivity contribution is 7.89. The van der Waals surface area contributed by atoms with Gasteiger partial charge >= 0.3 is 5.82 Å². The quantitative estimate of drug-likeness (QED) is 0.600. The molecule has 19 heavy (non-hydrogen) atoms. The van der Waals surface area contributed by atoms with Crippen LogP contribution in [-0.2, 0) is 21.3 Å². The second-order valence-corrected chi connectivity index (χ2v) is 5.84. The molecular formula is C9H14N4O5S. The summed E-state index contributed by atoms with van der Waals surface area (Å²) in [7, 11) is -4.15. The molecule has 1 aliphatic heterocycles. The van der Waals surface area contributed by atoms with E-state index < -0.39 is 25.7 Å². The SMILES string of the molecule is NS(=O)(=O)c1cn(CCC2CCCO2)nc1[N+](=O)[O-]. The Morgan fingerprint density at radius 2 is 2.37 bits per heavy atom. The van der Waals surface area contributed by atoms with Crippen LogP contribution in [-0.4, -0.2) is 35.8 Å². The normalized spacial score (nSPS) is 19.7. The van der Waals surface area contributed by atoms with Gasteiger partial charge in [-0.3, -0.25) is 0 Å². The van der Waals surface area contributed by atoms with Gasteiger partial charge in [-0.25, -0.2) is 13.6 Å². The number of nitrogens with zero attached hydrogens (tertiary/aromatic N) is 3. The molecule has 1 unspecified atom stereocenters. The summed E-state index contributed by atoms with van der Waals surface area (Å²) in [5.41, 5.74) is 0. The second kappa shape index (κ2) is 5.23. The van der Waals surface area contributed by atoms with E-state index in [0.717, 1.165) is 19.0 Å². The fourth-order valence-corrected chi connectivity index (χ4v) is 2.62. The summed E-state index contributed by atoms with van der Waals surface area (Å²) in [5, 5.41) is 19.3. The highest BCUT2D eigenvalue weighted by atomic mass is 32.2. The van der Waals surface area contributed by atoms with Crippen molar-refractivity contribution >= 4 is 15.8 Å². The van der Waals surface area contributed by atoms with Gasteiger partial charge in [-0.2, -0.15) is 4.68 Å². The van der Waals surface area contributed by atoms with Crippen LogP contribution in [0.2, 0.25) is 0 Å². The van der Waals surface area contributed by atoms with Crippen molar-refractivity contribution in [2.45, 2.75) is 36.8 Å². The minimum atomic E-state index is -4.15. The average Bonchev–Trinajstić information content (AvgIpc) is 2.94. The number of ether oxygens (including phenoxy) is 1. The zero-order valence-corrected chi connectivity index (χ0v) is 10.9. The summed E-state index contributed by atoms with van der Waals surface area (Å²) in [6.45, 7) is 1.06. The van der Waals surface area contributed by atoms with Gasteiger partial charge in [0.15, 0.2) is 0 Å². The fourth-order valence-electron chi connectivity index (χ4n) is 1.98. The largest absolute Gasteiger partial charge is 0.410 e. The highest BCUT2D eigenvalue weighted by Gasteiger charge is 2.29. The number of sulfonamides is 1. The summed E-state index contributed by atoms with van der Waals surface area (Å²) in [4.78, 5) is 9.30. The minimum Gasteiger partial charge on any atom is -0.378 e. The van der Waals surface area contributed by atoms with Crippen molar-refractivity contribution in [1.82, 2.24) is 9.78 Å². The van der Waals surface area contributed by atoms with Gasteiger partial charge in [0.25, 0.3) is 0 Å². The maximum absolute atomic E-state index is 11.2. The number of nitrogens with two attached hydrogens (primary N) is 1. The summed E-state index contributed by atoms with van der Waals surface area (Å²) >= 11 is 0. The van der Waals surface area contributed by atoms with Gasteiger partial charge in [-0.05, 0) is 24.2 Å². The molecule has 1 aromatic rings. The number of aryl methyl sites for hydroxylation is 1. The third-order valence-corrected chi connectivity index (χ3v) is 3.79. The van der Waals surface area contributed by atoms with Gasteiger partial charge in [0.05, 0.1) is 23.9 Å². The monoisotopic (exact) mass is 290 g/mol. The lowest BCUT2D eigenvalue weighted by atomic mass is 10.2. The van der Waals surface area contributed by atoms with Gasteiger partial charge in [0.1, 0.15) is 0 Å². The van der Waals surface area contributed by atoms with Crippen LogP contribution in [0.15, 0.2) is 11.1 Å². The summed E-state index contributed by atoms with van der Waals surface area (Å²) in [6.07, 6.45) is 3.74. The van der Waals surface area contributed by atoms with Crippen molar-refractivity contribution in [2.24, 2.45) is 5.14 Å². The lowest BCUT2D eigenvalue weighted by molar-refractivity contribution is -0.392. The number of primary sulfonamides is 1. The van der Waals surface area contributed by atoms with Crippen LogP contribution in [0.1, 0.15) is 19.3 Å². The molecule has 0 bridgehead atoms. The number of aromatic nitrogens is 2. The Morgan fingerprint density at radius 1 is 1.63 bits per heavy atom. The van der Waals surface area contributed by atoms with Crippen LogP contribution in [0.5, 0.6) is 0 Å². The molecule has 1 atom stereocenters. The van der Waals surface area contributed by atoms with E-state index in [-0.39, 0.29) is 6.10 Å². The van der Waals surface area contributed by atoms with Crippen molar-refractivity contribution in [1.29, 1.82) is 0 Å². The molecule has 0 saturated carbocycles. The molecule has 1 aromatic heterocycles. The number of nitro groups is 1. The van der Waals surface area contributed by atoms with Crippen molar-refractivity contribution in [3.8, 4) is 0 Å². The minimum absolute atomic E-state index is 0.0983. The van der Waals surface area contributed by atoms with Gasteiger partial charge < -0.3 is 14.9 Å². The lowest BCUT2D eigenvalue weighted by Gasteiger charge is -2.06. The molecule has 1 aliphatic rings. The van der Waals surface area contributed by atoms with E-state index in [1.165, 1.54) is 4.68 Å². The smallest absolute Gasteiger partial charge is 0.378 e. The fraction of sp³-hybridized carbons (Fsp3) is 0.667. The number of hydrogen-bond acceptors (Lipinski definition) is 6. The molecule has 1 fully saturated rings. The third-order valence-electron chi connectivity index (χ3n) is 2.89. The van der Waals surface area contributed by atoms with E-state index in [4.69, 9.17) is 9.88 Å². The number of rotatable bonds is 5. The molecule has 2 rings (SSSR count).